The van der Waals surface area contributed by atoms with Gasteiger partial charge in [0.2, 0.25) is 0 Å². The summed E-state index contributed by atoms with van der Waals surface area (Å²) in [6.07, 6.45) is 1.99. The van der Waals surface area contributed by atoms with Gasteiger partial charge in [0.1, 0.15) is 0 Å². The molecule has 6 aromatic carbocycles. The molecule has 214 valence electrons. The lowest BCUT2D eigenvalue weighted by atomic mass is 9.58. The van der Waals surface area contributed by atoms with Gasteiger partial charge in [0.15, 0.2) is 0 Å². The Morgan fingerprint density at radius 2 is 0.533 bits per heavy atom. The van der Waals surface area contributed by atoms with Crippen molar-refractivity contribution >= 4 is 0 Å². The van der Waals surface area contributed by atoms with Gasteiger partial charge in [-0.3, -0.25) is 0 Å². The molecule has 0 nitrogen and oxygen atoms in total. The number of hydrogen-bond donors (Lipinski definition) is 0. The molecule has 0 radical (unpaired) electrons. The zero-order valence-corrected chi connectivity index (χ0v) is 25.8. The highest BCUT2D eigenvalue weighted by atomic mass is 14.6. The third-order valence-electron chi connectivity index (χ3n) is 12.3. The molecule has 45 heavy (non-hydrogen) atoms. The van der Waals surface area contributed by atoms with Crippen LogP contribution in [0, 0.1) is 0 Å². The zero-order valence-electron chi connectivity index (χ0n) is 25.8. The van der Waals surface area contributed by atoms with Crippen LogP contribution in [0.4, 0.5) is 0 Å². The fourth-order valence-corrected chi connectivity index (χ4v) is 10.5. The summed E-state index contributed by atoms with van der Waals surface area (Å²) in [5.41, 5.74) is 19.4. The highest BCUT2D eigenvalue weighted by Crippen LogP contribution is 2.70. The molecule has 0 aliphatic heterocycles. The van der Waals surface area contributed by atoms with Crippen LogP contribution in [0.2, 0.25) is 0 Å². The maximum absolute atomic E-state index is 2.48. The summed E-state index contributed by atoms with van der Waals surface area (Å²) in [7, 11) is 0. The van der Waals surface area contributed by atoms with Crippen LogP contribution in [0.1, 0.15) is 60.1 Å². The minimum absolute atomic E-state index is 0.221. The van der Waals surface area contributed by atoms with Gasteiger partial charge in [0.05, 0.1) is 0 Å². The first-order chi connectivity index (χ1) is 22.1. The Bertz CT molecular complexity index is 2010. The molecule has 0 aromatic heterocycles. The lowest BCUT2D eigenvalue weighted by Gasteiger charge is -2.43. The summed E-state index contributed by atoms with van der Waals surface area (Å²) in [5.74, 6) is 0. The van der Waals surface area contributed by atoms with E-state index in [9.17, 15) is 0 Å². The molecule has 4 aliphatic carbocycles. The van der Waals surface area contributed by atoms with Crippen molar-refractivity contribution in [2.45, 2.75) is 42.9 Å². The van der Waals surface area contributed by atoms with Crippen LogP contribution in [0.3, 0.4) is 0 Å². The van der Waals surface area contributed by atoms with E-state index in [0.29, 0.717) is 0 Å². The van der Waals surface area contributed by atoms with Crippen LogP contribution < -0.4 is 0 Å². The van der Waals surface area contributed by atoms with Crippen molar-refractivity contribution in [3.63, 3.8) is 0 Å². The highest BCUT2D eigenvalue weighted by Gasteiger charge is 2.61. The van der Waals surface area contributed by atoms with E-state index in [2.05, 4.69) is 159 Å². The average Bonchev–Trinajstić information content (AvgIpc) is 3.64. The first kappa shape index (κ1) is 25.4. The van der Waals surface area contributed by atoms with E-state index < -0.39 is 0 Å². The van der Waals surface area contributed by atoms with Crippen LogP contribution in [-0.2, 0) is 16.2 Å². The minimum Gasteiger partial charge on any atom is -0.0619 e. The number of hydrogen-bond acceptors (Lipinski definition) is 0. The molecule has 4 aliphatic rings. The maximum atomic E-state index is 2.48. The molecule has 10 rings (SSSR count). The molecule has 6 aromatic rings. The van der Waals surface area contributed by atoms with E-state index in [1.54, 1.807) is 0 Å². The maximum Gasteiger partial charge on any atom is 0.0435 e. The second-order valence-corrected chi connectivity index (χ2v) is 13.8. The molecule has 0 N–H and O–H groups in total. The van der Waals surface area contributed by atoms with E-state index >= 15 is 0 Å². The lowest BCUT2D eigenvalue weighted by molar-refractivity contribution is 0.349. The normalized spacial score (nSPS) is 18.3. The SMILES string of the molecule is CC1=C(C)C2(CC3(CC14c1ccccc1-c1ccccc14)c1ccccc1-c1ccccc13)c1ccccc1-c1ccccc12. The zero-order chi connectivity index (χ0) is 30.0. The molecule has 0 saturated heterocycles. The first-order valence-electron chi connectivity index (χ1n) is 16.4. The fourth-order valence-electron chi connectivity index (χ4n) is 10.5. The van der Waals surface area contributed by atoms with Crippen molar-refractivity contribution in [1.82, 2.24) is 0 Å². The van der Waals surface area contributed by atoms with Gasteiger partial charge < -0.3 is 0 Å². The van der Waals surface area contributed by atoms with Gasteiger partial charge in [-0.2, -0.15) is 0 Å². The van der Waals surface area contributed by atoms with E-state index in [1.807, 2.05) is 0 Å². The van der Waals surface area contributed by atoms with E-state index in [4.69, 9.17) is 0 Å². The van der Waals surface area contributed by atoms with Crippen molar-refractivity contribution < 1.29 is 0 Å². The Kier molecular flexibility index (Phi) is 4.86. The van der Waals surface area contributed by atoms with Crippen LogP contribution in [0.5, 0.6) is 0 Å². The molecule has 0 bridgehead atoms. The largest absolute Gasteiger partial charge is 0.0619 e. The predicted molar refractivity (Wildman–Crippen MR) is 186 cm³/mol. The summed E-state index contributed by atoms with van der Waals surface area (Å²) in [5, 5.41) is 0. The summed E-state index contributed by atoms with van der Waals surface area (Å²) in [6, 6.07) is 55.7. The molecular weight excluding hydrogens is 540 g/mol. The number of allylic oxidation sites excluding steroid dienone is 2. The Morgan fingerprint density at radius 1 is 0.311 bits per heavy atom. The van der Waals surface area contributed by atoms with Crippen LogP contribution in [0.15, 0.2) is 157 Å². The summed E-state index contributed by atoms with van der Waals surface area (Å²) in [4.78, 5) is 0. The van der Waals surface area contributed by atoms with Crippen molar-refractivity contribution in [3.05, 3.63) is 190 Å². The van der Waals surface area contributed by atoms with Crippen LogP contribution in [-0.4, -0.2) is 0 Å². The van der Waals surface area contributed by atoms with Gasteiger partial charge in [0.25, 0.3) is 0 Å². The van der Waals surface area contributed by atoms with E-state index in [-0.39, 0.29) is 16.2 Å². The second kappa shape index (κ2) is 8.61. The van der Waals surface area contributed by atoms with Gasteiger partial charge >= 0.3 is 0 Å². The molecule has 0 amide bonds. The van der Waals surface area contributed by atoms with Crippen LogP contribution >= 0.6 is 0 Å². The predicted octanol–water partition coefficient (Wildman–Crippen LogP) is 11.0. The molecule has 0 heteroatoms. The lowest BCUT2D eigenvalue weighted by Crippen LogP contribution is -2.40. The standard InChI is InChI=1S/C45H34/c1-29-30(2)45(41-25-13-7-19-35(41)36-20-8-14-26-42(36)45)28-43(37-21-9-3-15-31(37)32-16-4-10-22-38(32)43)27-44(29)39-23-11-5-17-33(39)34-18-6-12-24-40(34)44/h3-26H,27-28H2,1-2H3. The molecule has 3 spiro atoms. The van der Waals surface area contributed by atoms with Crippen LogP contribution in [0.25, 0.3) is 33.4 Å². The molecule has 0 unspecified atom stereocenters. The summed E-state index contributed by atoms with van der Waals surface area (Å²) in [6.45, 7) is 4.95. The Hall–Kier alpha value is -4.94. The fraction of sp³-hybridized carbons (Fsp3) is 0.156. The average molecular weight is 575 g/mol. The topological polar surface area (TPSA) is 0 Å². The quantitative estimate of drug-likeness (QED) is 0.158. The molecule has 0 heterocycles. The Labute approximate surface area is 265 Å². The van der Waals surface area contributed by atoms with Crippen molar-refractivity contribution in [2.75, 3.05) is 0 Å². The Balaban J connectivity index is 1.42. The summed E-state index contributed by atoms with van der Waals surface area (Å²) >= 11 is 0. The monoisotopic (exact) mass is 574 g/mol. The Morgan fingerprint density at radius 3 is 0.822 bits per heavy atom. The van der Waals surface area contributed by atoms with Crippen molar-refractivity contribution in [3.8, 4) is 33.4 Å². The van der Waals surface area contributed by atoms with Gasteiger partial charge in [-0.05, 0) is 93.5 Å². The number of benzene rings is 6. The third-order valence-corrected chi connectivity index (χ3v) is 12.3. The van der Waals surface area contributed by atoms with Crippen molar-refractivity contribution in [2.24, 2.45) is 0 Å². The highest BCUT2D eigenvalue weighted by molar-refractivity contribution is 5.89. The third kappa shape index (κ3) is 2.86. The van der Waals surface area contributed by atoms with E-state index in [0.717, 1.165) is 12.8 Å². The first-order valence-corrected chi connectivity index (χ1v) is 16.4. The van der Waals surface area contributed by atoms with Gasteiger partial charge in [0, 0.05) is 16.2 Å². The number of rotatable bonds is 0. The van der Waals surface area contributed by atoms with E-state index in [1.165, 1.54) is 77.9 Å². The molecule has 0 fully saturated rings. The van der Waals surface area contributed by atoms with Gasteiger partial charge in [-0.25, -0.2) is 0 Å². The van der Waals surface area contributed by atoms with Gasteiger partial charge in [-0.15, -0.1) is 0 Å². The molecule has 0 saturated carbocycles. The smallest absolute Gasteiger partial charge is 0.0435 e. The van der Waals surface area contributed by atoms with Gasteiger partial charge in [-0.1, -0.05) is 157 Å². The second-order valence-electron chi connectivity index (χ2n) is 13.8. The number of fused-ring (bicyclic) bond motifs is 15. The minimum atomic E-state index is -0.266. The molecule has 0 atom stereocenters. The summed E-state index contributed by atoms with van der Waals surface area (Å²) < 4.78 is 0. The van der Waals surface area contributed by atoms with Crippen molar-refractivity contribution in [1.29, 1.82) is 0 Å². The molecular formula is C45H34.